The molecule has 5 nitrogen and oxygen atoms in total. The Hall–Kier alpha value is -0.650. The topological polar surface area (TPSA) is 110 Å². The highest BCUT2D eigenvalue weighted by Crippen LogP contribution is 1.93. The van der Waals surface area contributed by atoms with E-state index < -0.39 is 18.1 Å². The first-order chi connectivity index (χ1) is 4.57. The molecule has 0 saturated carbocycles. The SMILES string of the molecule is NC(=O)[C@@H](O)C[C@@H](N)CO. The van der Waals surface area contributed by atoms with Gasteiger partial charge in [-0.05, 0) is 6.42 Å². The number of amides is 1. The van der Waals surface area contributed by atoms with E-state index in [1.807, 2.05) is 0 Å². The zero-order valence-electron chi connectivity index (χ0n) is 5.53. The van der Waals surface area contributed by atoms with Crippen LogP contribution >= 0.6 is 0 Å². The lowest BCUT2D eigenvalue weighted by Crippen LogP contribution is -2.36. The van der Waals surface area contributed by atoms with Gasteiger partial charge in [0.05, 0.1) is 6.61 Å². The number of carbonyl (C=O) groups excluding carboxylic acids is 1. The first-order valence-electron chi connectivity index (χ1n) is 2.91. The predicted molar refractivity (Wildman–Crippen MR) is 34.9 cm³/mol. The molecule has 0 aromatic carbocycles. The van der Waals surface area contributed by atoms with E-state index >= 15 is 0 Å². The molecule has 0 bridgehead atoms. The summed E-state index contributed by atoms with van der Waals surface area (Å²) in [6.45, 7) is -0.260. The third kappa shape index (κ3) is 3.39. The number of aliphatic hydroxyl groups excluding tert-OH is 2. The van der Waals surface area contributed by atoms with Gasteiger partial charge in [0.1, 0.15) is 6.10 Å². The molecule has 1 amide bonds. The van der Waals surface area contributed by atoms with Crippen LogP contribution in [0.4, 0.5) is 0 Å². The van der Waals surface area contributed by atoms with Gasteiger partial charge in [0, 0.05) is 6.04 Å². The molecule has 10 heavy (non-hydrogen) atoms. The monoisotopic (exact) mass is 148 g/mol. The number of rotatable bonds is 4. The molecule has 0 fully saturated rings. The van der Waals surface area contributed by atoms with Gasteiger partial charge >= 0.3 is 0 Å². The highest BCUT2D eigenvalue weighted by Gasteiger charge is 2.14. The molecule has 0 aromatic heterocycles. The first-order valence-corrected chi connectivity index (χ1v) is 2.91. The van der Waals surface area contributed by atoms with E-state index in [2.05, 4.69) is 0 Å². The molecular formula is C5H12N2O3. The summed E-state index contributed by atoms with van der Waals surface area (Å²) in [7, 11) is 0. The second kappa shape index (κ2) is 4.21. The van der Waals surface area contributed by atoms with Crippen LogP contribution in [0.3, 0.4) is 0 Å². The summed E-state index contributed by atoms with van der Waals surface area (Å²) < 4.78 is 0. The summed E-state index contributed by atoms with van der Waals surface area (Å²) in [5.41, 5.74) is 9.91. The van der Waals surface area contributed by atoms with E-state index in [9.17, 15) is 4.79 Å². The Balaban J connectivity index is 3.56. The third-order valence-electron chi connectivity index (χ3n) is 1.09. The fourth-order valence-electron chi connectivity index (χ4n) is 0.477. The number of carbonyl (C=O) groups is 1. The van der Waals surface area contributed by atoms with Crippen LogP contribution in [-0.2, 0) is 4.79 Å². The minimum absolute atomic E-state index is 0.00579. The molecule has 6 N–H and O–H groups in total. The van der Waals surface area contributed by atoms with Gasteiger partial charge in [-0.25, -0.2) is 0 Å². The van der Waals surface area contributed by atoms with Crippen molar-refractivity contribution in [3.8, 4) is 0 Å². The molecule has 0 spiro atoms. The third-order valence-corrected chi connectivity index (χ3v) is 1.09. The van der Waals surface area contributed by atoms with E-state index in [0.717, 1.165) is 0 Å². The molecule has 0 saturated heterocycles. The van der Waals surface area contributed by atoms with Crippen LogP contribution in [-0.4, -0.2) is 34.9 Å². The molecule has 0 aliphatic carbocycles. The molecule has 5 heteroatoms. The van der Waals surface area contributed by atoms with Crippen molar-refractivity contribution in [1.82, 2.24) is 0 Å². The van der Waals surface area contributed by atoms with Crippen LogP contribution in [0.1, 0.15) is 6.42 Å². The molecule has 0 aromatic rings. The number of hydrogen-bond donors (Lipinski definition) is 4. The lowest BCUT2D eigenvalue weighted by molar-refractivity contribution is -0.126. The van der Waals surface area contributed by atoms with Crippen molar-refractivity contribution >= 4 is 5.91 Å². The van der Waals surface area contributed by atoms with Crippen molar-refractivity contribution in [3.63, 3.8) is 0 Å². The van der Waals surface area contributed by atoms with Gasteiger partial charge in [-0.3, -0.25) is 4.79 Å². The molecule has 0 unspecified atom stereocenters. The molecule has 60 valence electrons. The molecule has 0 rings (SSSR count). The average Bonchev–Trinajstić information content (AvgIpc) is 1.87. The minimum Gasteiger partial charge on any atom is -0.395 e. The van der Waals surface area contributed by atoms with Gasteiger partial charge in [-0.2, -0.15) is 0 Å². The molecule has 0 radical (unpaired) electrons. The Kier molecular flexibility index (Phi) is 3.94. The summed E-state index contributed by atoms with van der Waals surface area (Å²) in [6, 6.07) is -0.581. The minimum atomic E-state index is -1.25. The Bertz CT molecular complexity index is 117. The van der Waals surface area contributed by atoms with Gasteiger partial charge in [-0.15, -0.1) is 0 Å². The zero-order valence-corrected chi connectivity index (χ0v) is 5.53. The standard InChI is InChI=1S/C5H12N2O3/c6-3(2-8)1-4(9)5(7)10/h3-4,8-9H,1-2,6H2,(H2,7,10)/t3-,4+/m1/s1. The second-order valence-corrected chi connectivity index (χ2v) is 2.10. The maximum Gasteiger partial charge on any atom is 0.246 e. The fourth-order valence-corrected chi connectivity index (χ4v) is 0.477. The summed E-state index contributed by atoms with van der Waals surface area (Å²) in [4.78, 5) is 10.2. The lowest BCUT2D eigenvalue weighted by Gasteiger charge is -2.10. The smallest absolute Gasteiger partial charge is 0.246 e. The Morgan fingerprint density at radius 2 is 2.10 bits per heavy atom. The lowest BCUT2D eigenvalue weighted by atomic mass is 10.1. The van der Waals surface area contributed by atoms with Crippen molar-refractivity contribution in [3.05, 3.63) is 0 Å². The number of hydrogen-bond acceptors (Lipinski definition) is 4. The zero-order chi connectivity index (χ0) is 8.15. The van der Waals surface area contributed by atoms with Gasteiger partial charge in [-0.1, -0.05) is 0 Å². The van der Waals surface area contributed by atoms with E-state index in [4.69, 9.17) is 21.7 Å². The molecular weight excluding hydrogens is 136 g/mol. The van der Waals surface area contributed by atoms with E-state index in [1.54, 1.807) is 0 Å². The van der Waals surface area contributed by atoms with Gasteiger partial charge in [0.25, 0.3) is 0 Å². The molecule has 0 aliphatic heterocycles. The summed E-state index contributed by atoms with van der Waals surface area (Å²) in [5.74, 6) is -0.816. The van der Waals surface area contributed by atoms with Crippen LogP contribution in [0.2, 0.25) is 0 Å². The van der Waals surface area contributed by atoms with Crippen LogP contribution in [0, 0.1) is 0 Å². The van der Waals surface area contributed by atoms with Gasteiger partial charge < -0.3 is 21.7 Å². The maximum absolute atomic E-state index is 10.2. The van der Waals surface area contributed by atoms with Gasteiger partial charge in [0.2, 0.25) is 5.91 Å². The molecule has 2 atom stereocenters. The average molecular weight is 148 g/mol. The summed E-state index contributed by atoms with van der Waals surface area (Å²) >= 11 is 0. The Morgan fingerprint density at radius 1 is 1.60 bits per heavy atom. The predicted octanol–water partition coefficient (Wildman–Crippen LogP) is -2.46. The highest BCUT2D eigenvalue weighted by molar-refractivity contribution is 5.78. The van der Waals surface area contributed by atoms with Crippen molar-refractivity contribution in [2.24, 2.45) is 11.5 Å². The van der Waals surface area contributed by atoms with Crippen molar-refractivity contribution in [2.75, 3.05) is 6.61 Å². The number of nitrogens with two attached hydrogens (primary N) is 2. The van der Waals surface area contributed by atoms with Gasteiger partial charge in [0.15, 0.2) is 0 Å². The Morgan fingerprint density at radius 3 is 2.40 bits per heavy atom. The maximum atomic E-state index is 10.2. The summed E-state index contributed by atoms with van der Waals surface area (Å²) in [5, 5.41) is 17.1. The highest BCUT2D eigenvalue weighted by atomic mass is 16.3. The van der Waals surface area contributed by atoms with Crippen LogP contribution < -0.4 is 11.5 Å². The van der Waals surface area contributed by atoms with E-state index in [0.29, 0.717) is 0 Å². The normalized spacial score (nSPS) is 16.3. The molecule has 0 heterocycles. The van der Waals surface area contributed by atoms with Crippen molar-refractivity contribution < 1.29 is 15.0 Å². The largest absolute Gasteiger partial charge is 0.395 e. The number of aliphatic hydroxyl groups is 2. The van der Waals surface area contributed by atoms with E-state index in [-0.39, 0.29) is 13.0 Å². The van der Waals surface area contributed by atoms with Crippen molar-refractivity contribution in [1.29, 1.82) is 0 Å². The van der Waals surface area contributed by atoms with Crippen LogP contribution in [0.5, 0.6) is 0 Å². The van der Waals surface area contributed by atoms with E-state index in [1.165, 1.54) is 0 Å². The molecule has 0 aliphatic rings. The van der Waals surface area contributed by atoms with Crippen LogP contribution in [0.25, 0.3) is 0 Å². The first kappa shape index (κ1) is 9.35. The van der Waals surface area contributed by atoms with Crippen molar-refractivity contribution in [2.45, 2.75) is 18.6 Å². The number of primary amides is 1. The fraction of sp³-hybridized carbons (Fsp3) is 0.800. The second-order valence-electron chi connectivity index (χ2n) is 2.10. The quantitative estimate of drug-likeness (QED) is 0.354. The Labute approximate surface area is 58.6 Å². The van der Waals surface area contributed by atoms with Crippen LogP contribution in [0.15, 0.2) is 0 Å². The summed E-state index contributed by atoms with van der Waals surface area (Å²) in [6.07, 6.45) is -1.24.